The van der Waals surface area contributed by atoms with E-state index in [0.717, 1.165) is 27.3 Å². The highest BCUT2D eigenvalue weighted by Gasteiger charge is 2.27. The van der Waals surface area contributed by atoms with Crippen molar-refractivity contribution >= 4 is 33.6 Å². The smallest absolute Gasteiger partial charge is 0.290 e. The Morgan fingerprint density at radius 2 is 1.68 bits per heavy atom. The summed E-state index contributed by atoms with van der Waals surface area (Å²) in [6.45, 7) is 4.61. The van der Waals surface area contributed by atoms with Crippen molar-refractivity contribution in [1.82, 2.24) is 14.9 Å². The lowest BCUT2D eigenvalue weighted by Crippen LogP contribution is -2.49. The van der Waals surface area contributed by atoms with Crippen molar-refractivity contribution in [2.45, 2.75) is 6.92 Å². The van der Waals surface area contributed by atoms with Crippen LogP contribution in [0.15, 0.2) is 59.3 Å². The van der Waals surface area contributed by atoms with Crippen molar-refractivity contribution in [3.05, 3.63) is 66.2 Å². The van der Waals surface area contributed by atoms with Gasteiger partial charge in [-0.15, -0.1) is 0 Å². The molecule has 2 aromatic heterocycles. The molecule has 6 nitrogen and oxygen atoms in total. The summed E-state index contributed by atoms with van der Waals surface area (Å²) in [6.07, 6.45) is 3.48. The zero-order chi connectivity index (χ0) is 19.1. The molecule has 0 atom stereocenters. The van der Waals surface area contributed by atoms with Gasteiger partial charge in [0.2, 0.25) is 5.95 Å². The Kier molecular flexibility index (Phi) is 3.97. The maximum Gasteiger partial charge on any atom is 0.290 e. The Morgan fingerprint density at radius 1 is 0.929 bits per heavy atom. The standard InChI is InChI=1S/C22H20N4O2/c1-15-17-8-7-16-5-2-3-6-18(16)20(17)28-19(15)21(27)25-11-13-26(14-12-25)22-23-9-4-10-24-22/h2-10H,11-14H2,1H3. The molecule has 0 N–H and O–H groups in total. The van der Waals surface area contributed by atoms with Crippen LogP contribution in [0.4, 0.5) is 5.95 Å². The molecule has 0 aliphatic carbocycles. The Bertz CT molecular complexity index is 1160. The molecule has 1 aliphatic heterocycles. The fourth-order valence-corrected chi connectivity index (χ4v) is 3.86. The van der Waals surface area contributed by atoms with E-state index in [1.807, 2.05) is 36.1 Å². The van der Waals surface area contributed by atoms with Crippen LogP contribution >= 0.6 is 0 Å². The molecular formula is C22H20N4O2. The molecule has 6 heteroatoms. The number of hydrogen-bond acceptors (Lipinski definition) is 5. The highest BCUT2D eigenvalue weighted by Crippen LogP contribution is 2.32. The first-order chi connectivity index (χ1) is 13.7. The first-order valence-corrected chi connectivity index (χ1v) is 9.44. The van der Waals surface area contributed by atoms with Crippen molar-refractivity contribution < 1.29 is 9.21 Å². The normalized spacial score (nSPS) is 14.8. The van der Waals surface area contributed by atoms with Crippen LogP contribution in [0.2, 0.25) is 0 Å². The summed E-state index contributed by atoms with van der Waals surface area (Å²) >= 11 is 0. The highest BCUT2D eigenvalue weighted by atomic mass is 16.3. The van der Waals surface area contributed by atoms with Crippen LogP contribution < -0.4 is 4.90 Å². The molecule has 2 aromatic carbocycles. The van der Waals surface area contributed by atoms with Crippen LogP contribution in [0.1, 0.15) is 16.1 Å². The molecule has 0 saturated carbocycles. The molecule has 1 saturated heterocycles. The fraction of sp³-hybridized carbons (Fsp3) is 0.227. The van der Waals surface area contributed by atoms with E-state index in [9.17, 15) is 4.79 Å². The largest absolute Gasteiger partial charge is 0.450 e. The Morgan fingerprint density at radius 3 is 2.46 bits per heavy atom. The number of aryl methyl sites for hydroxylation is 1. The van der Waals surface area contributed by atoms with Gasteiger partial charge in [0.15, 0.2) is 5.76 Å². The second kappa shape index (κ2) is 6.64. The number of carbonyl (C=O) groups is 1. The number of benzene rings is 2. The van der Waals surface area contributed by atoms with E-state index in [2.05, 4.69) is 27.0 Å². The number of piperazine rings is 1. The first kappa shape index (κ1) is 16.7. The van der Waals surface area contributed by atoms with E-state index >= 15 is 0 Å². The number of carbonyl (C=O) groups excluding carboxylic acids is 1. The van der Waals surface area contributed by atoms with E-state index in [1.54, 1.807) is 18.5 Å². The van der Waals surface area contributed by atoms with E-state index in [0.29, 0.717) is 37.9 Å². The number of furan rings is 1. The molecule has 0 unspecified atom stereocenters. The maximum absolute atomic E-state index is 13.2. The maximum atomic E-state index is 13.2. The van der Waals surface area contributed by atoms with Gasteiger partial charge in [0.1, 0.15) is 5.58 Å². The van der Waals surface area contributed by atoms with Gasteiger partial charge in [-0.05, 0) is 18.4 Å². The van der Waals surface area contributed by atoms with Gasteiger partial charge in [0.05, 0.1) is 0 Å². The lowest BCUT2D eigenvalue weighted by molar-refractivity contribution is 0.0715. The van der Waals surface area contributed by atoms with Crippen LogP contribution in [0.5, 0.6) is 0 Å². The topological polar surface area (TPSA) is 62.5 Å². The Labute approximate surface area is 162 Å². The van der Waals surface area contributed by atoms with Gasteiger partial charge in [0, 0.05) is 54.9 Å². The molecule has 0 spiro atoms. The van der Waals surface area contributed by atoms with Crippen molar-refractivity contribution in [2.24, 2.45) is 0 Å². The van der Waals surface area contributed by atoms with Gasteiger partial charge in [-0.3, -0.25) is 4.79 Å². The minimum absolute atomic E-state index is 0.0496. The van der Waals surface area contributed by atoms with Gasteiger partial charge in [-0.25, -0.2) is 9.97 Å². The summed E-state index contributed by atoms with van der Waals surface area (Å²) in [7, 11) is 0. The summed E-state index contributed by atoms with van der Waals surface area (Å²) in [5.74, 6) is 1.10. The molecule has 5 rings (SSSR count). The van der Waals surface area contributed by atoms with E-state index < -0.39 is 0 Å². The monoisotopic (exact) mass is 372 g/mol. The van der Waals surface area contributed by atoms with Gasteiger partial charge < -0.3 is 14.2 Å². The average Bonchev–Trinajstić information content (AvgIpc) is 3.11. The van der Waals surface area contributed by atoms with Gasteiger partial charge in [-0.1, -0.05) is 36.4 Å². The van der Waals surface area contributed by atoms with Gasteiger partial charge >= 0.3 is 0 Å². The predicted octanol–water partition coefficient (Wildman–Crippen LogP) is 3.65. The molecule has 28 heavy (non-hydrogen) atoms. The molecule has 4 aromatic rings. The summed E-state index contributed by atoms with van der Waals surface area (Å²) in [5.41, 5.74) is 1.69. The summed E-state index contributed by atoms with van der Waals surface area (Å²) in [4.78, 5) is 25.7. The average molecular weight is 372 g/mol. The molecule has 1 amide bonds. The second-order valence-electron chi connectivity index (χ2n) is 7.05. The quantitative estimate of drug-likeness (QED) is 0.537. The van der Waals surface area contributed by atoms with Crippen LogP contribution in [-0.2, 0) is 0 Å². The number of rotatable bonds is 2. The van der Waals surface area contributed by atoms with Crippen molar-refractivity contribution in [1.29, 1.82) is 0 Å². The Hall–Kier alpha value is -3.41. The first-order valence-electron chi connectivity index (χ1n) is 9.44. The summed E-state index contributed by atoms with van der Waals surface area (Å²) in [6, 6.07) is 14.0. The zero-order valence-corrected chi connectivity index (χ0v) is 15.6. The molecular weight excluding hydrogens is 352 g/mol. The van der Waals surface area contributed by atoms with Crippen LogP contribution in [0.25, 0.3) is 21.7 Å². The van der Waals surface area contributed by atoms with Crippen LogP contribution in [0, 0.1) is 6.92 Å². The number of amides is 1. The third kappa shape index (κ3) is 2.69. The van der Waals surface area contributed by atoms with Crippen molar-refractivity contribution in [2.75, 3.05) is 31.1 Å². The number of aromatic nitrogens is 2. The van der Waals surface area contributed by atoms with Crippen molar-refractivity contribution in [3.63, 3.8) is 0 Å². The number of anilines is 1. The summed E-state index contributed by atoms with van der Waals surface area (Å²) in [5, 5.41) is 3.14. The summed E-state index contributed by atoms with van der Waals surface area (Å²) < 4.78 is 6.11. The molecule has 0 bridgehead atoms. The lowest BCUT2D eigenvalue weighted by atomic mass is 10.1. The lowest BCUT2D eigenvalue weighted by Gasteiger charge is -2.34. The minimum Gasteiger partial charge on any atom is -0.450 e. The molecule has 140 valence electrons. The van der Waals surface area contributed by atoms with Crippen LogP contribution in [0.3, 0.4) is 0 Å². The third-order valence-corrected chi connectivity index (χ3v) is 5.42. The molecule has 1 fully saturated rings. The number of nitrogens with zero attached hydrogens (tertiary/aromatic N) is 4. The zero-order valence-electron chi connectivity index (χ0n) is 15.6. The fourth-order valence-electron chi connectivity index (χ4n) is 3.86. The van der Waals surface area contributed by atoms with Gasteiger partial charge in [0.25, 0.3) is 5.91 Å². The van der Waals surface area contributed by atoms with E-state index in [-0.39, 0.29) is 5.91 Å². The molecule has 0 radical (unpaired) electrons. The predicted molar refractivity (Wildman–Crippen MR) is 109 cm³/mol. The number of hydrogen-bond donors (Lipinski definition) is 0. The Balaban J connectivity index is 1.42. The van der Waals surface area contributed by atoms with E-state index in [1.165, 1.54) is 0 Å². The minimum atomic E-state index is -0.0496. The van der Waals surface area contributed by atoms with E-state index in [4.69, 9.17) is 4.42 Å². The second-order valence-corrected chi connectivity index (χ2v) is 7.05. The van der Waals surface area contributed by atoms with Gasteiger partial charge in [-0.2, -0.15) is 0 Å². The molecule has 3 heterocycles. The highest BCUT2D eigenvalue weighted by molar-refractivity contribution is 6.08. The molecule has 1 aliphatic rings. The van der Waals surface area contributed by atoms with Crippen molar-refractivity contribution in [3.8, 4) is 0 Å². The third-order valence-electron chi connectivity index (χ3n) is 5.42. The van der Waals surface area contributed by atoms with Crippen LogP contribution in [-0.4, -0.2) is 47.0 Å². The SMILES string of the molecule is Cc1c(C(=O)N2CCN(c3ncccn3)CC2)oc2c1ccc1ccccc12. The number of fused-ring (bicyclic) bond motifs is 3.